The molecule has 0 radical (unpaired) electrons. The molecule has 1 aliphatic rings. The summed E-state index contributed by atoms with van der Waals surface area (Å²) in [5.41, 5.74) is 1.45. The zero-order valence-corrected chi connectivity index (χ0v) is 20.2. The zero-order chi connectivity index (χ0) is 23.1. The Hall–Kier alpha value is -2.55. The molecule has 0 unspecified atom stereocenters. The number of carbonyl (C=O) groups is 1. The van der Waals surface area contributed by atoms with E-state index in [9.17, 15) is 9.90 Å². The lowest BCUT2D eigenvalue weighted by atomic mass is 10.2. The van der Waals surface area contributed by atoms with E-state index >= 15 is 0 Å². The van der Waals surface area contributed by atoms with E-state index < -0.39 is 0 Å². The minimum absolute atomic E-state index is 0.0487. The van der Waals surface area contributed by atoms with Crippen molar-refractivity contribution in [2.45, 2.75) is 20.3 Å². The monoisotopic (exact) mass is 472 g/mol. The first-order valence-electron chi connectivity index (χ1n) is 10.6. The highest BCUT2D eigenvalue weighted by Crippen LogP contribution is 2.37. The highest BCUT2D eigenvalue weighted by molar-refractivity contribution is 8.27. The van der Waals surface area contributed by atoms with Gasteiger partial charge in [0.15, 0.2) is 15.8 Å². The highest BCUT2D eigenvalue weighted by atomic mass is 32.2. The predicted octanol–water partition coefficient (Wildman–Crippen LogP) is 4.92. The van der Waals surface area contributed by atoms with Crippen LogP contribution in [0.15, 0.2) is 47.4 Å². The van der Waals surface area contributed by atoms with Gasteiger partial charge in [-0.2, -0.15) is 0 Å². The van der Waals surface area contributed by atoms with Crippen molar-refractivity contribution >= 4 is 46.0 Å². The number of thioether (sulfide) groups is 1. The Morgan fingerprint density at radius 3 is 2.53 bits per heavy atom. The maximum absolute atomic E-state index is 13.0. The second-order valence-electron chi connectivity index (χ2n) is 7.17. The van der Waals surface area contributed by atoms with E-state index in [1.54, 1.807) is 18.2 Å². The number of rotatable bonds is 10. The van der Waals surface area contributed by atoms with Gasteiger partial charge in [0, 0.05) is 6.54 Å². The van der Waals surface area contributed by atoms with E-state index in [0.29, 0.717) is 27.3 Å². The summed E-state index contributed by atoms with van der Waals surface area (Å²) in [5.74, 6) is 0.986. The molecular formula is C24H28N2O4S2. The van der Waals surface area contributed by atoms with E-state index in [1.165, 1.54) is 29.8 Å². The largest absolute Gasteiger partial charge is 0.504 e. The first-order valence-corrected chi connectivity index (χ1v) is 11.8. The Labute approximate surface area is 198 Å². The maximum atomic E-state index is 13.0. The van der Waals surface area contributed by atoms with Gasteiger partial charge in [-0.05, 0) is 67.5 Å². The van der Waals surface area contributed by atoms with Crippen molar-refractivity contribution in [2.75, 3.05) is 38.3 Å². The summed E-state index contributed by atoms with van der Waals surface area (Å²) in [6.45, 7) is 8.07. The summed E-state index contributed by atoms with van der Waals surface area (Å²) in [7, 11) is 1.48. The van der Waals surface area contributed by atoms with E-state index in [-0.39, 0.29) is 11.7 Å². The summed E-state index contributed by atoms with van der Waals surface area (Å²) in [6.07, 6.45) is 2.71. The molecule has 6 nitrogen and oxygen atoms in total. The van der Waals surface area contributed by atoms with Gasteiger partial charge in [-0.15, -0.1) is 0 Å². The van der Waals surface area contributed by atoms with Crippen LogP contribution in [0.2, 0.25) is 0 Å². The second kappa shape index (κ2) is 11.4. The van der Waals surface area contributed by atoms with Crippen molar-refractivity contribution in [1.29, 1.82) is 0 Å². The number of hydrogen-bond donors (Lipinski definition) is 1. The minimum Gasteiger partial charge on any atom is -0.504 e. The predicted molar refractivity (Wildman–Crippen MR) is 135 cm³/mol. The van der Waals surface area contributed by atoms with Crippen LogP contribution in [0.4, 0.5) is 5.69 Å². The average molecular weight is 473 g/mol. The van der Waals surface area contributed by atoms with Crippen LogP contribution >= 0.6 is 24.0 Å². The second-order valence-corrected chi connectivity index (χ2v) is 8.85. The summed E-state index contributed by atoms with van der Waals surface area (Å²) < 4.78 is 11.4. The Morgan fingerprint density at radius 1 is 1.16 bits per heavy atom. The number of nitrogens with zero attached hydrogens (tertiary/aromatic N) is 2. The zero-order valence-electron chi connectivity index (χ0n) is 18.5. The minimum atomic E-state index is -0.181. The third-order valence-electron chi connectivity index (χ3n) is 5.17. The summed E-state index contributed by atoms with van der Waals surface area (Å²) >= 11 is 6.70. The van der Waals surface area contributed by atoms with Crippen molar-refractivity contribution < 1.29 is 19.4 Å². The van der Waals surface area contributed by atoms with Crippen molar-refractivity contribution in [3.63, 3.8) is 0 Å². The molecule has 1 amide bonds. The standard InChI is InChI=1S/C24H28N2O4S2/c1-4-25(5-2)13-6-14-30-19-10-8-18(9-11-19)26-23(28)22(32-24(26)31)16-17-7-12-20(27)21(15-17)29-3/h7-12,15-16,27H,4-6,13-14H2,1-3H3/b22-16-. The fourth-order valence-corrected chi connectivity index (χ4v) is 4.63. The van der Waals surface area contributed by atoms with Crippen molar-refractivity contribution in [1.82, 2.24) is 4.90 Å². The fraction of sp³-hybridized carbons (Fsp3) is 0.333. The van der Waals surface area contributed by atoms with Gasteiger partial charge < -0.3 is 19.5 Å². The number of thiocarbonyl (C=S) groups is 1. The van der Waals surface area contributed by atoms with Crippen LogP contribution in [0.25, 0.3) is 6.08 Å². The number of anilines is 1. The molecule has 0 aliphatic carbocycles. The summed E-state index contributed by atoms with van der Waals surface area (Å²) in [5, 5.41) is 9.76. The van der Waals surface area contributed by atoms with E-state index in [2.05, 4.69) is 18.7 Å². The van der Waals surface area contributed by atoms with Gasteiger partial charge in [0.2, 0.25) is 0 Å². The molecule has 1 fully saturated rings. The fourth-order valence-electron chi connectivity index (χ4n) is 3.34. The smallest absolute Gasteiger partial charge is 0.270 e. The molecule has 3 rings (SSSR count). The molecule has 1 N–H and O–H groups in total. The summed E-state index contributed by atoms with van der Waals surface area (Å²) in [6, 6.07) is 12.3. The molecule has 2 aromatic carbocycles. The number of phenolic OH excluding ortho intramolecular Hbond substituents is 1. The van der Waals surface area contributed by atoms with Crippen LogP contribution in [-0.4, -0.2) is 53.6 Å². The lowest BCUT2D eigenvalue weighted by molar-refractivity contribution is -0.113. The lowest BCUT2D eigenvalue weighted by Crippen LogP contribution is -2.27. The van der Waals surface area contributed by atoms with Gasteiger partial charge in [-0.3, -0.25) is 9.69 Å². The number of carbonyl (C=O) groups excluding carboxylic acids is 1. The van der Waals surface area contributed by atoms with Crippen molar-refractivity contribution in [3.8, 4) is 17.2 Å². The summed E-state index contributed by atoms with van der Waals surface area (Å²) in [4.78, 5) is 17.4. The Kier molecular flexibility index (Phi) is 8.55. The van der Waals surface area contributed by atoms with Crippen LogP contribution in [0, 0.1) is 0 Å². The van der Waals surface area contributed by atoms with Crippen LogP contribution < -0.4 is 14.4 Å². The molecule has 0 saturated carbocycles. The van der Waals surface area contributed by atoms with Crippen LogP contribution in [0.1, 0.15) is 25.8 Å². The molecule has 8 heteroatoms. The number of phenols is 1. The Morgan fingerprint density at radius 2 is 1.88 bits per heavy atom. The van der Waals surface area contributed by atoms with Crippen LogP contribution in [0.3, 0.4) is 0 Å². The highest BCUT2D eigenvalue weighted by Gasteiger charge is 2.33. The number of benzene rings is 2. The molecule has 1 aliphatic heterocycles. The van der Waals surface area contributed by atoms with Gasteiger partial charge in [0.25, 0.3) is 5.91 Å². The Bertz CT molecular complexity index is 988. The van der Waals surface area contributed by atoms with E-state index in [4.69, 9.17) is 21.7 Å². The van der Waals surface area contributed by atoms with Gasteiger partial charge in [0.1, 0.15) is 5.75 Å². The normalized spacial score (nSPS) is 15.1. The van der Waals surface area contributed by atoms with Gasteiger partial charge >= 0.3 is 0 Å². The number of aromatic hydroxyl groups is 1. The molecule has 0 aromatic heterocycles. The quantitative estimate of drug-likeness (QED) is 0.299. The third kappa shape index (κ3) is 5.82. The topological polar surface area (TPSA) is 62.2 Å². The molecule has 0 spiro atoms. The molecule has 0 bridgehead atoms. The van der Waals surface area contributed by atoms with E-state index in [1.807, 2.05) is 24.3 Å². The third-order valence-corrected chi connectivity index (χ3v) is 6.47. The molecule has 1 heterocycles. The van der Waals surface area contributed by atoms with Crippen LogP contribution in [0.5, 0.6) is 17.2 Å². The number of methoxy groups -OCH3 is 1. The van der Waals surface area contributed by atoms with Crippen molar-refractivity contribution in [3.05, 3.63) is 52.9 Å². The molecule has 0 atom stereocenters. The van der Waals surface area contributed by atoms with Gasteiger partial charge in [-0.1, -0.05) is 43.9 Å². The van der Waals surface area contributed by atoms with Gasteiger partial charge in [0.05, 0.1) is 24.3 Å². The maximum Gasteiger partial charge on any atom is 0.270 e. The number of amides is 1. The molecule has 2 aromatic rings. The SMILES string of the molecule is CCN(CC)CCCOc1ccc(N2C(=O)/C(=C/c3ccc(O)c(OC)c3)SC2=S)cc1. The first-order chi connectivity index (χ1) is 15.5. The Balaban J connectivity index is 1.64. The average Bonchev–Trinajstić information content (AvgIpc) is 3.08. The number of hydrogen-bond acceptors (Lipinski definition) is 7. The molecular weight excluding hydrogens is 444 g/mol. The molecule has 32 heavy (non-hydrogen) atoms. The molecule has 1 saturated heterocycles. The first kappa shape index (κ1) is 24.1. The lowest BCUT2D eigenvalue weighted by Gasteiger charge is -2.18. The molecule has 170 valence electrons. The van der Waals surface area contributed by atoms with Crippen LogP contribution in [-0.2, 0) is 4.79 Å². The van der Waals surface area contributed by atoms with Gasteiger partial charge in [-0.25, -0.2) is 0 Å². The number of ether oxygens (including phenoxy) is 2. The van der Waals surface area contributed by atoms with Crippen molar-refractivity contribution in [2.24, 2.45) is 0 Å². The van der Waals surface area contributed by atoms with E-state index in [0.717, 1.165) is 37.4 Å².